The van der Waals surface area contributed by atoms with Gasteiger partial charge in [-0.15, -0.1) is 0 Å². The van der Waals surface area contributed by atoms with Gasteiger partial charge in [-0.2, -0.15) is 0 Å². The lowest BCUT2D eigenvalue weighted by atomic mass is 10.2. The summed E-state index contributed by atoms with van der Waals surface area (Å²) in [6, 6.07) is 1.17. The first-order chi connectivity index (χ1) is 8.49. The Bertz CT molecular complexity index is 441. The number of alkyl halides is 2. The van der Waals surface area contributed by atoms with E-state index in [0.29, 0.717) is 3.57 Å². The second-order valence-corrected chi connectivity index (χ2v) is 4.37. The fourth-order valence-corrected chi connectivity index (χ4v) is 1.99. The maximum Gasteiger partial charge on any atom is 0.311 e. The zero-order chi connectivity index (χ0) is 13.7. The lowest BCUT2D eigenvalue weighted by Crippen LogP contribution is -2.12. The van der Waals surface area contributed by atoms with Gasteiger partial charge in [0.15, 0.2) is 0 Å². The second kappa shape index (κ2) is 6.81. The number of aromatic nitrogens is 1. The number of pyridine rings is 1. The maximum absolute atomic E-state index is 12.6. The Morgan fingerprint density at radius 1 is 1.56 bits per heavy atom. The quantitative estimate of drug-likeness (QED) is 0.590. The van der Waals surface area contributed by atoms with Crippen LogP contribution in [0.2, 0.25) is 0 Å². The predicted molar refractivity (Wildman–Crippen MR) is 68.8 cm³/mol. The van der Waals surface area contributed by atoms with Gasteiger partial charge in [-0.1, -0.05) is 0 Å². The molecule has 0 amide bonds. The van der Waals surface area contributed by atoms with Crippen LogP contribution < -0.4 is 4.74 Å². The van der Waals surface area contributed by atoms with Crippen molar-refractivity contribution in [2.24, 2.45) is 0 Å². The highest BCUT2D eigenvalue weighted by Gasteiger charge is 2.18. The molecule has 1 aromatic rings. The van der Waals surface area contributed by atoms with Gasteiger partial charge in [0.1, 0.15) is 11.4 Å². The molecule has 0 aromatic carbocycles. The summed E-state index contributed by atoms with van der Waals surface area (Å²) in [5.74, 6) is -0.225. The zero-order valence-electron chi connectivity index (χ0n) is 9.87. The lowest BCUT2D eigenvalue weighted by Gasteiger charge is -2.10. The Kier molecular flexibility index (Phi) is 5.70. The molecular weight excluding hydrogens is 359 g/mol. The van der Waals surface area contributed by atoms with Crippen LogP contribution in [0.1, 0.15) is 24.7 Å². The van der Waals surface area contributed by atoms with Gasteiger partial charge in [-0.05, 0) is 29.5 Å². The Hall–Kier alpha value is -0.990. The standard InChI is InChI=1S/C11H12F2INO3/c1-3-18-9(16)5-6-10(14)8(17-2)4-7(15-6)11(12)13/h4,11H,3,5H2,1-2H3. The van der Waals surface area contributed by atoms with Crippen LogP contribution in [0.15, 0.2) is 6.07 Å². The fraction of sp³-hybridized carbons (Fsp3) is 0.455. The Morgan fingerprint density at radius 3 is 2.72 bits per heavy atom. The number of carbonyl (C=O) groups excluding carboxylic acids is 1. The monoisotopic (exact) mass is 371 g/mol. The van der Waals surface area contributed by atoms with E-state index in [1.807, 2.05) is 22.6 Å². The molecule has 1 aromatic heterocycles. The number of nitrogens with zero attached hydrogens (tertiary/aromatic N) is 1. The van der Waals surface area contributed by atoms with Crippen molar-refractivity contribution >= 4 is 28.6 Å². The number of hydrogen-bond donors (Lipinski definition) is 0. The molecule has 0 atom stereocenters. The van der Waals surface area contributed by atoms with E-state index in [2.05, 4.69) is 4.98 Å². The smallest absolute Gasteiger partial charge is 0.311 e. The van der Waals surface area contributed by atoms with E-state index in [0.717, 1.165) is 0 Å². The third kappa shape index (κ3) is 3.76. The third-order valence-corrected chi connectivity index (χ3v) is 3.23. The predicted octanol–water partition coefficient (Wildman–Crippen LogP) is 2.74. The summed E-state index contributed by atoms with van der Waals surface area (Å²) in [5.41, 5.74) is -0.171. The van der Waals surface area contributed by atoms with Gasteiger partial charge in [-0.3, -0.25) is 4.79 Å². The van der Waals surface area contributed by atoms with E-state index in [4.69, 9.17) is 9.47 Å². The summed E-state index contributed by atoms with van der Waals surface area (Å²) < 4.78 is 35.6. The molecule has 0 saturated heterocycles. The molecule has 4 nitrogen and oxygen atoms in total. The first kappa shape index (κ1) is 15.1. The molecule has 0 N–H and O–H groups in total. The third-order valence-electron chi connectivity index (χ3n) is 2.07. The molecule has 1 heterocycles. The van der Waals surface area contributed by atoms with Gasteiger partial charge in [0.05, 0.1) is 29.4 Å². The zero-order valence-corrected chi connectivity index (χ0v) is 12.0. The van der Waals surface area contributed by atoms with E-state index < -0.39 is 18.1 Å². The number of halogens is 3. The SMILES string of the molecule is CCOC(=O)Cc1nc(C(F)F)cc(OC)c1I. The molecule has 0 radical (unpaired) electrons. The number of methoxy groups -OCH3 is 1. The van der Waals surface area contributed by atoms with E-state index in [1.54, 1.807) is 6.92 Å². The molecular formula is C11H12F2INO3. The van der Waals surface area contributed by atoms with Crippen LogP contribution >= 0.6 is 22.6 Å². The second-order valence-electron chi connectivity index (χ2n) is 3.29. The van der Waals surface area contributed by atoms with E-state index in [1.165, 1.54) is 13.2 Å². The van der Waals surface area contributed by atoms with Crippen molar-refractivity contribution in [2.75, 3.05) is 13.7 Å². The number of rotatable bonds is 5. The molecule has 0 aliphatic rings. The summed E-state index contributed by atoms with van der Waals surface area (Å²) in [7, 11) is 1.38. The van der Waals surface area contributed by atoms with Gasteiger partial charge in [0, 0.05) is 6.07 Å². The fourth-order valence-electron chi connectivity index (χ4n) is 1.30. The highest BCUT2D eigenvalue weighted by molar-refractivity contribution is 14.1. The molecule has 0 aliphatic heterocycles. The Balaban J connectivity index is 3.08. The van der Waals surface area contributed by atoms with Gasteiger partial charge in [0.2, 0.25) is 0 Å². The van der Waals surface area contributed by atoms with Crippen molar-refractivity contribution in [3.05, 3.63) is 21.0 Å². The van der Waals surface area contributed by atoms with Gasteiger partial charge in [-0.25, -0.2) is 13.8 Å². The van der Waals surface area contributed by atoms with E-state index >= 15 is 0 Å². The molecule has 7 heteroatoms. The van der Waals surface area contributed by atoms with Crippen LogP contribution in [0.3, 0.4) is 0 Å². The molecule has 0 bridgehead atoms. The first-order valence-electron chi connectivity index (χ1n) is 5.16. The van der Waals surface area contributed by atoms with Crippen LogP contribution in [0.25, 0.3) is 0 Å². The molecule has 18 heavy (non-hydrogen) atoms. The van der Waals surface area contributed by atoms with Gasteiger partial charge in [0.25, 0.3) is 6.43 Å². The van der Waals surface area contributed by atoms with Crippen LogP contribution in [-0.2, 0) is 16.0 Å². The van der Waals surface area contributed by atoms with Crippen molar-refractivity contribution < 1.29 is 23.0 Å². The molecule has 0 fully saturated rings. The van der Waals surface area contributed by atoms with Crippen molar-refractivity contribution in [2.45, 2.75) is 19.8 Å². The molecule has 100 valence electrons. The Labute approximate surface area is 117 Å². The minimum atomic E-state index is -2.71. The minimum absolute atomic E-state index is 0.150. The minimum Gasteiger partial charge on any atom is -0.496 e. The molecule has 0 spiro atoms. The molecule has 0 aliphatic carbocycles. The van der Waals surface area contributed by atoms with Gasteiger partial charge >= 0.3 is 5.97 Å². The maximum atomic E-state index is 12.6. The average Bonchev–Trinajstić information content (AvgIpc) is 2.31. The average molecular weight is 371 g/mol. The van der Waals surface area contributed by atoms with E-state index in [9.17, 15) is 13.6 Å². The molecule has 0 saturated carbocycles. The summed E-state index contributed by atoms with van der Waals surface area (Å²) >= 11 is 1.90. The molecule has 0 unspecified atom stereocenters. The van der Waals surface area contributed by atoms with Crippen LogP contribution in [0, 0.1) is 3.57 Å². The van der Waals surface area contributed by atoms with Crippen molar-refractivity contribution in [3.63, 3.8) is 0 Å². The number of ether oxygens (including phenoxy) is 2. The van der Waals surface area contributed by atoms with Crippen molar-refractivity contribution in [3.8, 4) is 5.75 Å². The topological polar surface area (TPSA) is 48.4 Å². The number of hydrogen-bond acceptors (Lipinski definition) is 4. The molecule has 1 rings (SSSR count). The largest absolute Gasteiger partial charge is 0.496 e. The highest BCUT2D eigenvalue weighted by atomic mass is 127. The normalized spacial score (nSPS) is 10.6. The number of esters is 1. The first-order valence-corrected chi connectivity index (χ1v) is 6.24. The van der Waals surface area contributed by atoms with Crippen LogP contribution in [0.5, 0.6) is 5.75 Å². The van der Waals surface area contributed by atoms with E-state index in [-0.39, 0.29) is 24.5 Å². The van der Waals surface area contributed by atoms with Crippen molar-refractivity contribution in [1.82, 2.24) is 4.98 Å². The number of carbonyl (C=O) groups is 1. The summed E-state index contributed by atoms with van der Waals surface area (Å²) in [4.78, 5) is 15.1. The Morgan fingerprint density at radius 2 is 2.22 bits per heavy atom. The van der Waals surface area contributed by atoms with Crippen molar-refractivity contribution in [1.29, 1.82) is 0 Å². The summed E-state index contributed by atoms with van der Waals surface area (Å²) in [6.07, 6.45) is -2.86. The summed E-state index contributed by atoms with van der Waals surface area (Å²) in [6.45, 7) is 1.91. The highest BCUT2D eigenvalue weighted by Crippen LogP contribution is 2.28. The van der Waals surface area contributed by atoms with Crippen LogP contribution in [0.4, 0.5) is 8.78 Å². The summed E-state index contributed by atoms with van der Waals surface area (Å²) in [5, 5.41) is 0. The van der Waals surface area contributed by atoms with Crippen LogP contribution in [-0.4, -0.2) is 24.7 Å². The lowest BCUT2D eigenvalue weighted by molar-refractivity contribution is -0.142. The van der Waals surface area contributed by atoms with Gasteiger partial charge < -0.3 is 9.47 Å².